The second-order valence-electron chi connectivity index (χ2n) is 1.71. The summed E-state index contributed by atoms with van der Waals surface area (Å²) in [4.78, 5) is 0. The Kier molecular flexibility index (Phi) is 2.96. The fourth-order valence-electron chi connectivity index (χ4n) is 0.552. The molecule has 0 spiro atoms. The second-order valence-corrected chi connectivity index (χ2v) is 3.31. The van der Waals surface area contributed by atoms with Crippen molar-refractivity contribution in [3.8, 4) is 0 Å². The van der Waals surface area contributed by atoms with E-state index in [-0.39, 0.29) is 0 Å². The molecule has 0 radical (unpaired) electrons. The molecule has 3 heteroatoms. The predicted octanol–water partition coefficient (Wildman–Crippen LogP) is 3.13. The first-order chi connectivity index (χ1) is 4.84. The van der Waals surface area contributed by atoms with Crippen molar-refractivity contribution in [1.29, 1.82) is 0 Å². The van der Waals surface area contributed by atoms with Crippen molar-refractivity contribution in [2.75, 3.05) is 7.11 Å². The highest BCUT2D eigenvalue weighted by Crippen LogP contribution is 2.22. The van der Waals surface area contributed by atoms with Gasteiger partial charge in [-0.15, -0.1) is 0 Å². The Balaban J connectivity index is 2.74. The third-order valence-electron chi connectivity index (χ3n) is 1.03. The predicted molar refractivity (Wildman–Crippen MR) is 48.1 cm³/mol. The van der Waals surface area contributed by atoms with Crippen LogP contribution < -0.4 is 0 Å². The number of halogens is 1. The average molecular weight is 219 g/mol. The summed E-state index contributed by atoms with van der Waals surface area (Å²) in [5.41, 5.74) is 1.16. The van der Waals surface area contributed by atoms with Crippen molar-refractivity contribution >= 4 is 33.3 Å². The van der Waals surface area contributed by atoms with Crippen LogP contribution in [0.5, 0.6) is 0 Å². The molecule has 1 nitrogen and oxygen atoms in total. The number of methoxy groups -OCH3 is 1. The maximum absolute atomic E-state index is 4.77. The molecular weight excluding hydrogens is 212 g/mol. The van der Waals surface area contributed by atoms with Crippen LogP contribution in [0.15, 0.2) is 21.5 Å². The van der Waals surface area contributed by atoms with Gasteiger partial charge in [0.15, 0.2) is 0 Å². The van der Waals surface area contributed by atoms with Crippen molar-refractivity contribution in [1.82, 2.24) is 0 Å². The van der Waals surface area contributed by atoms with E-state index in [0.29, 0.717) is 0 Å². The van der Waals surface area contributed by atoms with E-state index in [9.17, 15) is 0 Å². The lowest BCUT2D eigenvalue weighted by Gasteiger charge is -1.86. The third-order valence-corrected chi connectivity index (χ3v) is 2.78. The van der Waals surface area contributed by atoms with Crippen LogP contribution in [0.2, 0.25) is 0 Å². The van der Waals surface area contributed by atoms with Crippen LogP contribution in [0, 0.1) is 0 Å². The second kappa shape index (κ2) is 3.78. The molecule has 0 aliphatic carbocycles. The van der Waals surface area contributed by atoms with Crippen molar-refractivity contribution in [3.63, 3.8) is 0 Å². The Hall–Kier alpha value is -0.280. The molecular formula is C7H7BrOS. The van der Waals surface area contributed by atoms with Crippen LogP contribution in [0.1, 0.15) is 5.56 Å². The maximum atomic E-state index is 4.77. The fourth-order valence-corrected chi connectivity index (χ4v) is 1.95. The Labute approximate surface area is 72.5 Å². The van der Waals surface area contributed by atoms with Gasteiger partial charge in [0.25, 0.3) is 0 Å². The van der Waals surface area contributed by atoms with E-state index in [1.54, 1.807) is 24.7 Å². The lowest BCUT2D eigenvalue weighted by Crippen LogP contribution is -1.66. The zero-order valence-electron chi connectivity index (χ0n) is 5.50. The van der Waals surface area contributed by atoms with Crippen LogP contribution in [0.25, 0.3) is 6.08 Å². The largest absolute Gasteiger partial charge is 0.504 e. The van der Waals surface area contributed by atoms with Crippen molar-refractivity contribution in [3.05, 3.63) is 27.1 Å². The van der Waals surface area contributed by atoms with Gasteiger partial charge < -0.3 is 4.74 Å². The summed E-state index contributed by atoms with van der Waals surface area (Å²) in [6, 6.07) is 0. The molecule has 1 heterocycles. The summed E-state index contributed by atoms with van der Waals surface area (Å²) in [6.45, 7) is 0. The lowest BCUT2D eigenvalue weighted by molar-refractivity contribution is 0.341. The smallest absolute Gasteiger partial charge is 0.0831 e. The molecule has 10 heavy (non-hydrogen) atoms. The SMILES string of the molecule is CO/C=C/c1cscc1Br. The van der Waals surface area contributed by atoms with Gasteiger partial charge in [0.05, 0.1) is 13.4 Å². The van der Waals surface area contributed by atoms with Gasteiger partial charge in [-0.1, -0.05) is 0 Å². The number of ether oxygens (including phenoxy) is 1. The monoisotopic (exact) mass is 218 g/mol. The summed E-state index contributed by atoms with van der Waals surface area (Å²) in [7, 11) is 1.64. The van der Waals surface area contributed by atoms with Crippen LogP contribution in [-0.2, 0) is 4.74 Å². The molecule has 0 aromatic carbocycles. The Morgan fingerprint density at radius 1 is 1.60 bits per heavy atom. The van der Waals surface area contributed by atoms with Crippen molar-refractivity contribution in [2.45, 2.75) is 0 Å². The van der Waals surface area contributed by atoms with Crippen molar-refractivity contribution < 1.29 is 4.74 Å². The highest BCUT2D eigenvalue weighted by molar-refractivity contribution is 9.10. The molecule has 1 aromatic heterocycles. The molecule has 0 amide bonds. The van der Waals surface area contributed by atoms with E-state index in [4.69, 9.17) is 4.74 Å². The molecule has 0 saturated heterocycles. The minimum Gasteiger partial charge on any atom is -0.504 e. The molecule has 0 N–H and O–H groups in total. The minimum atomic E-state index is 1.12. The molecule has 1 rings (SSSR count). The summed E-state index contributed by atoms with van der Waals surface area (Å²) in [5.74, 6) is 0. The van der Waals surface area contributed by atoms with Gasteiger partial charge in [-0.25, -0.2) is 0 Å². The molecule has 0 unspecified atom stereocenters. The molecule has 54 valence electrons. The summed E-state index contributed by atoms with van der Waals surface area (Å²) in [5, 5.41) is 4.09. The quantitative estimate of drug-likeness (QED) is 0.694. The highest BCUT2D eigenvalue weighted by Gasteiger charge is 1.93. The first-order valence-electron chi connectivity index (χ1n) is 2.75. The van der Waals surface area contributed by atoms with Crippen molar-refractivity contribution in [2.24, 2.45) is 0 Å². The Morgan fingerprint density at radius 2 is 2.40 bits per heavy atom. The zero-order chi connectivity index (χ0) is 7.40. The molecule has 0 bridgehead atoms. The van der Waals surface area contributed by atoms with Gasteiger partial charge in [0, 0.05) is 15.4 Å². The van der Waals surface area contributed by atoms with Gasteiger partial charge in [0.1, 0.15) is 0 Å². The number of rotatable bonds is 2. The Morgan fingerprint density at radius 3 is 2.90 bits per heavy atom. The third kappa shape index (κ3) is 1.85. The van der Waals surface area contributed by atoms with E-state index >= 15 is 0 Å². The van der Waals surface area contributed by atoms with Crippen LogP contribution >= 0.6 is 27.3 Å². The summed E-state index contributed by atoms with van der Waals surface area (Å²) < 4.78 is 5.89. The first kappa shape index (κ1) is 7.82. The van der Waals surface area contributed by atoms with Gasteiger partial charge in [0.2, 0.25) is 0 Å². The van der Waals surface area contributed by atoms with Crippen LogP contribution in [0.4, 0.5) is 0 Å². The van der Waals surface area contributed by atoms with Gasteiger partial charge in [-0.05, 0) is 27.4 Å². The van der Waals surface area contributed by atoms with Gasteiger partial charge in [-0.2, -0.15) is 11.3 Å². The summed E-state index contributed by atoms with van der Waals surface area (Å²) in [6.07, 6.45) is 3.58. The molecule has 0 atom stereocenters. The number of thiophene rings is 1. The number of hydrogen-bond donors (Lipinski definition) is 0. The summed E-state index contributed by atoms with van der Waals surface area (Å²) >= 11 is 5.06. The van der Waals surface area contributed by atoms with E-state index in [2.05, 4.69) is 21.3 Å². The molecule has 0 fully saturated rings. The average Bonchev–Trinajstić information content (AvgIpc) is 2.31. The lowest BCUT2D eigenvalue weighted by atomic mass is 10.3. The normalized spacial score (nSPS) is 10.6. The van der Waals surface area contributed by atoms with Crippen LogP contribution in [-0.4, -0.2) is 7.11 Å². The Bertz CT molecular complexity index is 229. The minimum absolute atomic E-state index is 1.12. The van der Waals surface area contributed by atoms with E-state index in [1.807, 2.05) is 11.5 Å². The van der Waals surface area contributed by atoms with E-state index in [0.717, 1.165) is 10.0 Å². The van der Waals surface area contributed by atoms with Gasteiger partial charge in [-0.3, -0.25) is 0 Å². The topological polar surface area (TPSA) is 9.23 Å². The number of hydrogen-bond acceptors (Lipinski definition) is 2. The molecule has 0 aliphatic rings. The van der Waals surface area contributed by atoms with E-state index < -0.39 is 0 Å². The first-order valence-corrected chi connectivity index (χ1v) is 4.49. The standard InChI is InChI=1S/C7H7BrOS/c1-9-3-2-6-4-10-5-7(6)8/h2-5H,1H3/b3-2+. The zero-order valence-corrected chi connectivity index (χ0v) is 7.91. The van der Waals surface area contributed by atoms with Gasteiger partial charge >= 0.3 is 0 Å². The maximum Gasteiger partial charge on any atom is 0.0831 e. The molecule has 1 aromatic rings. The van der Waals surface area contributed by atoms with E-state index in [1.165, 1.54) is 0 Å². The fraction of sp³-hybridized carbons (Fsp3) is 0.143. The van der Waals surface area contributed by atoms with Crippen LogP contribution in [0.3, 0.4) is 0 Å². The molecule has 0 aliphatic heterocycles. The highest BCUT2D eigenvalue weighted by atomic mass is 79.9. The molecule has 0 saturated carbocycles.